The van der Waals surface area contributed by atoms with Crippen molar-refractivity contribution in [2.75, 3.05) is 0 Å². The van der Waals surface area contributed by atoms with Crippen LogP contribution in [0.25, 0.3) is 0 Å². The van der Waals surface area contributed by atoms with Crippen LogP contribution in [0, 0.1) is 0 Å². The molecule has 0 fully saturated rings. The molecule has 14 heavy (non-hydrogen) atoms. The van der Waals surface area contributed by atoms with Gasteiger partial charge in [-0.3, -0.25) is 0 Å². The molecule has 0 saturated heterocycles. The predicted octanol–water partition coefficient (Wildman–Crippen LogP) is 3.40. The minimum atomic E-state index is -0.353. The van der Waals surface area contributed by atoms with E-state index in [-0.39, 0.29) is 6.10 Å². The molecule has 1 aromatic rings. The molecule has 0 radical (unpaired) electrons. The molecule has 2 unspecified atom stereocenters. The summed E-state index contributed by atoms with van der Waals surface area (Å²) in [7, 11) is 0. The van der Waals surface area contributed by atoms with Crippen molar-refractivity contribution in [3.05, 3.63) is 34.3 Å². The van der Waals surface area contributed by atoms with Gasteiger partial charge < -0.3 is 5.11 Å². The normalized spacial score (nSPS) is 26.8. The van der Waals surface area contributed by atoms with Crippen molar-refractivity contribution in [3.63, 3.8) is 0 Å². The Morgan fingerprint density at radius 1 is 1.50 bits per heavy atom. The van der Waals surface area contributed by atoms with Gasteiger partial charge in [-0.2, -0.15) is 11.8 Å². The molecule has 76 valence electrons. The highest BCUT2D eigenvalue weighted by molar-refractivity contribution is 7.99. The molecule has 1 N–H and O–H groups in total. The predicted molar refractivity (Wildman–Crippen MR) is 61.8 cm³/mol. The lowest BCUT2D eigenvalue weighted by Crippen LogP contribution is -2.03. The number of aliphatic hydroxyl groups is 1. The Balaban J connectivity index is 2.39. The summed E-state index contributed by atoms with van der Waals surface area (Å²) in [5, 5.41) is 11.2. The summed E-state index contributed by atoms with van der Waals surface area (Å²) in [6, 6.07) is 5.80. The van der Waals surface area contributed by atoms with Crippen molar-refractivity contribution in [1.29, 1.82) is 0 Å². The molecule has 1 aliphatic rings. The van der Waals surface area contributed by atoms with Crippen LogP contribution in [0.2, 0.25) is 5.02 Å². The Morgan fingerprint density at radius 3 is 3.07 bits per heavy atom. The van der Waals surface area contributed by atoms with Gasteiger partial charge >= 0.3 is 0 Å². The Labute approximate surface area is 93.5 Å². The second-order valence-corrected chi connectivity index (χ2v) is 5.58. The smallest absolute Gasteiger partial charge is 0.0804 e. The summed E-state index contributed by atoms with van der Waals surface area (Å²) >= 11 is 7.80. The lowest BCUT2D eigenvalue weighted by Gasteiger charge is -2.12. The van der Waals surface area contributed by atoms with Crippen molar-refractivity contribution in [3.8, 4) is 0 Å². The van der Waals surface area contributed by atoms with Gasteiger partial charge in [0.2, 0.25) is 0 Å². The van der Waals surface area contributed by atoms with Crippen LogP contribution in [0.4, 0.5) is 0 Å². The summed E-state index contributed by atoms with van der Waals surface area (Å²) in [5.41, 5.74) is 2.23. The van der Waals surface area contributed by atoms with E-state index in [1.807, 2.05) is 30.0 Å². The number of benzene rings is 1. The standard InChI is InChI=1S/C11H13ClOS/c1-7-4-11(13)10-5-9(12)3-2-8(10)6-14-7/h2-3,5,7,11,13H,4,6H2,1H3. The molecular weight excluding hydrogens is 216 g/mol. The van der Waals surface area contributed by atoms with Crippen molar-refractivity contribution in [2.24, 2.45) is 0 Å². The summed E-state index contributed by atoms with van der Waals surface area (Å²) in [6.45, 7) is 2.15. The first-order valence-corrected chi connectivity index (χ1v) is 6.17. The number of aliphatic hydroxyl groups excluding tert-OH is 1. The van der Waals surface area contributed by atoms with Gasteiger partial charge in [0.25, 0.3) is 0 Å². The number of thioether (sulfide) groups is 1. The lowest BCUT2D eigenvalue weighted by molar-refractivity contribution is 0.168. The summed E-state index contributed by atoms with van der Waals surface area (Å²) in [4.78, 5) is 0. The van der Waals surface area contributed by atoms with E-state index >= 15 is 0 Å². The van der Waals surface area contributed by atoms with Gasteiger partial charge in [-0.15, -0.1) is 0 Å². The van der Waals surface area contributed by atoms with Crippen molar-refractivity contribution >= 4 is 23.4 Å². The fourth-order valence-electron chi connectivity index (χ4n) is 1.75. The molecule has 0 aromatic heterocycles. The number of fused-ring (bicyclic) bond motifs is 1. The number of rotatable bonds is 0. The molecule has 2 atom stereocenters. The molecule has 1 aromatic carbocycles. The van der Waals surface area contributed by atoms with Gasteiger partial charge in [0.15, 0.2) is 0 Å². The SMILES string of the molecule is CC1CC(O)c2cc(Cl)ccc2CS1. The monoisotopic (exact) mass is 228 g/mol. The van der Waals surface area contributed by atoms with E-state index < -0.39 is 0 Å². The molecule has 1 aliphatic heterocycles. The third-order valence-corrected chi connectivity index (χ3v) is 4.02. The maximum absolute atomic E-state index is 9.96. The van der Waals surface area contributed by atoms with Crippen molar-refractivity contribution in [2.45, 2.75) is 30.5 Å². The van der Waals surface area contributed by atoms with Gasteiger partial charge in [-0.1, -0.05) is 24.6 Å². The van der Waals surface area contributed by atoms with E-state index in [9.17, 15) is 5.11 Å². The summed E-state index contributed by atoms with van der Waals surface area (Å²) in [6.07, 6.45) is 0.464. The minimum Gasteiger partial charge on any atom is -0.388 e. The second-order valence-electron chi connectivity index (χ2n) is 3.72. The van der Waals surface area contributed by atoms with Crippen molar-refractivity contribution < 1.29 is 5.11 Å². The Hall–Kier alpha value is -0.180. The third kappa shape index (κ3) is 2.08. The Bertz CT molecular complexity index is 340. The van der Waals surface area contributed by atoms with Crippen LogP contribution in [0.5, 0.6) is 0 Å². The number of hydrogen-bond donors (Lipinski definition) is 1. The van der Waals surface area contributed by atoms with E-state index in [4.69, 9.17) is 11.6 Å². The van der Waals surface area contributed by atoms with Gasteiger partial charge in [0.05, 0.1) is 6.10 Å². The van der Waals surface area contributed by atoms with Crippen LogP contribution >= 0.6 is 23.4 Å². The summed E-state index contributed by atoms with van der Waals surface area (Å²) < 4.78 is 0. The quantitative estimate of drug-likeness (QED) is 0.735. The van der Waals surface area contributed by atoms with E-state index in [1.54, 1.807) is 0 Å². The zero-order chi connectivity index (χ0) is 10.1. The Morgan fingerprint density at radius 2 is 2.29 bits per heavy atom. The first-order valence-electron chi connectivity index (χ1n) is 4.75. The van der Waals surface area contributed by atoms with Gasteiger partial charge in [0, 0.05) is 16.0 Å². The van der Waals surface area contributed by atoms with Crippen LogP contribution in [0.1, 0.15) is 30.6 Å². The molecule has 1 nitrogen and oxygen atoms in total. The fraction of sp³-hybridized carbons (Fsp3) is 0.455. The maximum Gasteiger partial charge on any atom is 0.0804 e. The van der Waals surface area contributed by atoms with Crippen LogP contribution < -0.4 is 0 Å². The van der Waals surface area contributed by atoms with Crippen LogP contribution in [-0.4, -0.2) is 10.4 Å². The lowest BCUT2D eigenvalue weighted by atomic mass is 10.0. The van der Waals surface area contributed by atoms with Crippen molar-refractivity contribution in [1.82, 2.24) is 0 Å². The molecule has 1 heterocycles. The first-order chi connectivity index (χ1) is 6.66. The minimum absolute atomic E-state index is 0.353. The topological polar surface area (TPSA) is 20.2 Å². The molecule has 0 saturated carbocycles. The molecular formula is C11H13ClOS. The van der Waals surface area contributed by atoms with E-state index in [2.05, 4.69) is 6.92 Å². The second kappa shape index (κ2) is 4.13. The van der Waals surface area contributed by atoms with Gasteiger partial charge in [-0.05, 0) is 29.7 Å². The average molecular weight is 229 g/mol. The largest absolute Gasteiger partial charge is 0.388 e. The Kier molecular flexibility index (Phi) is 3.05. The van der Waals surface area contributed by atoms with E-state index in [0.717, 1.165) is 17.7 Å². The molecule has 2 rings (SSSR count). The maximum atomic E-state index is 9.96. The average Bonchev–Trinajstić information content (AvgIpc) is 2.27. The molecule has 0 bridgehead atoms. The summed E-state index contributed by atoms with van der Waals surface area (Å²) in [5.74, 6) is 0.977. The van der Waals surface area contributed by atoms with E-state index in [0.29, 0.717) is 10.3 Å². The third-order valence-electron chi connectivity index (χ3n) is 2.55. The van der Waals surface area contributed by atoms with Crippen LogP contribution in [0.3, 0.4) is 0 Å². The van der Waals surface area contributed by atoms with E-state index in [1.165, 1.54) is 5.56 Å². The van der Waals surface area contributed by atoms with Crippen LogP contribution in [0.15, 0.2) is 18.2 Å². The fourth-order valence-corrected chi connectivity index (χ4v) is 2.97. The highest BCUT2D eigenvalue weighted by Gasteiger charge is 2.20. The first kappa shape index (κ1) is 10.3. The molecule has 3 heteroatoms. The molecule has 0 spiro atoms. The molecule has 0 aliphatic carbocycles. The highest BCUT2D eigenvalue weighted by atomic mass is 35.5. The van der Waals surface area contributed by atoms with Gasteiger partial charge in [-0.25, -0.2) is 0 Å². The molecule has 0 amide bonds. The number of hydrogen-bond acceptors (Lipinski definition) is 2. The zero-order valence-electron chi connectivity index (χ0n) is 8.03. The highest BCUT2D eigenvalue weighted by Crippen LogP contribution is 2.35. The van der Waals surface area contributed by atoms with Crippen LogP contribution in [-0.2, 0) is 5.75 Å². The zero-order valence-corrected chi connectivity index (χ0v) is 9.61. The number of halogens is 1. The van der Waals surface area contributed by atoms with Gasteiger partial charge in [0.1, 0.15) is 0 Å².